The smallest absolute Gasteiger partial charge is 0.360 e. The van der Waals surface area contributed by atoms with E-state index in [-0.39, 0.29) is 11.6 Å². The third-order valence-corrected chi connectivity index (χ3v) is 3.04. The van der Waals surface area contributed by atoms with E-state index in [0.717, 1.165) is 18.5 Å². The Bertz CT molecular complexity index is 472. The second-order valence-corrected chi connectivity index (χ2v) is 6.00. The highest BCUT2D eigenvalue weighted by Gasteiger charge is 2.34. The zero-order valence-corrected chi connectivity index (χ0v) is 12.7. The van der Waals surface area contributed by atoms with Gasteiger partial charge in [0.15, 0.2) is 5.69 Å². The molecule has 0 bridgehead atoms. The molecule has 0 unspecified atom stereocenters. The summed E-state index contributed by atoms with van der Waals surface area (Å²) in [6.45, 7) is 9.34. The summed E-state index contributed by atoms with van der Waals surface area (Å²) in [6, 6.07) is 0. The molecule has 1 heterocycles. The molecule has 1 aliphatic carbocycles. The maximum Gasteiger partial charge on any atom is 0.360 e. The van der Waals surface area contributed by atoms with Gasteiger partial charge in [0, 0.05) is 5.92 Å². The van der Waals surface area contributed by atoms with E-state index in [2.05, 4.69) is 10.3 Å². The molecule has 1 aliphatic rings. The zero-order valence-electron chi connectivity index (χ0n) is 12.7. The SMILES string of the molecule is CCOC(=O)c1nnn(CCOC(C)(C)C)c1C1CC1. The molecule has 0 amide bonds. The Morgan fingerprint density at radius 1 is 1.40 bits per heavy atom. The molecule has 0 aromatic carbocycles. The topological polar surface area (TPSA) is 66.2 Å². The molecule has 0 N–H and O–H groups in total. The third kappa shape index (κ3) is 3.79. The molecule has 20 heavy (non-hydrogen) atoms. The molecule has 0 aliphatic heterocycles. The fourth-order valence-corrected chi connectivity index (χ4v) is 2.03. The van der Waals surface area contributed by atoms with Gasteiger partial charge in [0.1, 0.15) is 0 Å². The van der Waals surface area contributed by atoms with E-state index in [1.807, 2.05) is 20.8 Å². The first-order chi connectivity index (χ1) is 9.42. The lowest BCUT2D eigenvalue weighted by atomic mass is 10.2. The average Bonchev–Trinajstić information content (AvgIpc) is 3.09. The zero-order chi connectivity index (χ0) is 14.8. The number of nitrogens with zero attached hydrogens (tertiary/aromatic N) is 3. The monoisotopic (exact) mass is 281 g/mol. The Morgan fingerprint density at radius 2 is 2.10 bits per heavy atom. The minimum atomic E-state index is -0.377. The van der Waals surface area contributed by atoms with E-state index in [0.29, 0.717) is 31.4 Å². The number of ether oxygens (including phenoxy) is 2. The summed E-state index contributed by atoms with van der Waals surface area (Å²) < 4.78 is 12.5. The minimum Gasteiger partial charge on any atom is -0.461 e. The molecule has 1 aromatic heterocycles. The predicted molar refractivity (Wildman–Crippen MR) is 73.7 cm³/mol. The van der Waals surface area contributed by atoms with Crippen molar-refractivity contribution >= 4 is 5.97 Å². The first-order valence-electron chi connectivity index (χ1n) is 7.17. The second kappa shape index (κ2) is 5.91. The predicted octanol–water partition coefficient (Wildman–Crippen LogP) is 2.15. The van der Waals surface area contributed by atoms with Gasteiger partial charge in [-0.15, -0.1) is 5.10 Å². The number of carbonyl (C=O) groups is 1. The van der Waals surface area contributed by atoms with Gasteiger partial charge in [0.05, 0.1) is 31.1 Å². The first-order valence-corrected chi connectivity index (χ1v) is 7.17. The summed E-state index contributed by atoms with van der Waals surface area (Å²) in [7, 11) is 0. The van der Waals surface area contributed by atoms with Gasteiger partial charge >= 0.3 is 5.97 Å². The van der Waals surface area contributed by atoms with Gasteiger partial charge in [-0.25, -0.2) is 9.48 Å². The Balaban J connectivity index is 2.07. The van der Waals surface area contributed by atoms with Crippen molar-refractivity contribution in [1.82, 2.24) is 15.0 Å². The van der Waals surface area contributed by atoms with Crippen molar-refractivity contribution in [3.63, 3.8) is 0 Å². The molecule has 1 aromatic rings. The number of aromatic nitrogens is 3. The van der Waals surface area contributed by atoms with Crippen LogP contribution in [0.4, 0.5) is 0 Å². The van der Waals surface area contributed by atoms with E-state index in [4.69, 9.17) is 9.47 Å². The van der Waals surface area contributed by atoms with Gasteiger partial charge < -0.3 is 9.47 Å². The van der Waals surface area contributed by atoms with Gasteiger partial charge in [0.25, 0.3) is 0 Å². The number of hydrogen-bond donors (Lipinski definition) is 0. The molecule has 6 nitrogen and oxygen atoms in total. The van der Waals surface area contributed by atoms with Crippen LogP contribution in [0.2, 0.25) is 0 Å². The van der Waals surface area contributed by atoms with Crippen LogP contribution in [-0.4, -0.2) is 39.8 Å². The molecule has 0 spiro atoms. The molecule has 1 saturated carbocycles. The van der Waals surface area contributed by atoms with Crippen molar-refractivity contribution in [2.24, 2.45) is 0 Å². The maximum absolute atomic E-state index is 11.9. The molecular weight excluding hydrogens is 258 g/mol. The Morgan fingerprint density at radius 3 is 2.65 bits per heavy atom. The highest BCUT2D eigenvalue weighted by atomic mass is 16.5. The van der Waals surface area contributed by atoms with Gasteiger partial charge in [-0.3, -0.25) is 0 Å². The summed E-state index contributed by atoms with van der Waals surface area (Å²) in [5.74, 6) is 0.0106. The number of esters is 1. The Labute approximate surface area is 119 Å². The average molecular weight is 281 g/mol. The van der Waals surface area contributed by atoms with Crippen LogP contribution in [0.3, 0.4) is 0 Å². The number of hydrogen-bond acceptors (Lipinski definition) is 5. The van der Waals surface area contributed by atoms with Crippen molar-refractivity contribution in [2.45, 2.75) is 58.6 Å². The summed E-state index contributed by atoms with van der Waals surface area (Å²) in [5.41, 5.74) is 1.09. The fraction of sp³-hybridized carbons (Fsp3) is 0.786. The number of rotatable bonds is 6. The van der Waals surface area contributed by atoms with E-state index in [1.165, 1.54) is 0 Å². The first kappa shape index (κ1) is 15.0. The molecule has 0 saturated heterocycles. The van der Waals surface area contributed by atoms with Crippen LogP contribution >= 0.6 is 0 Å². The third-order valence-electron chi connectivity index (χ3n) is 3.04. The van der Waals surface area contributed by atoms with E-state index in [1.54, 1.807) is 11.6 Å². The molecular formula is C14H23N3O3. The van der Waals surface area contributed by atoms with Gasteiger partial charge in [-0.2, -0.15) is 0 Å². The van der Waals surface area contributed by atoms with E-state index in [9.17, 15) is 4.79 Å². The molecule has 6 heteroatoms. The van der Waals surface area contributed by atoms with Crippen molar-refractivity contribution in [2.75, 3.05) is 13.2 Å². The summed E-state index contributed by atoms with van der Waals surface area (Å²) >= 11 is 0. The lowest BCUT2D eigenvalue weighted by Gasteiger charge is -2.19. The van der Waals surface area contributed by atoms with E-state index < -0.39 is 0 Å². The maximum atomic E-state index is 11.9. The van der Waals surface area contributed by atoms with Crippen LogP contribution in [0.15, 0.2) is 0 Å². The molecule has 0 atom stereocenters. The largest absolute Gasteiger partial charge is 0.461 e. The highest BCUT2D eigenvalue weighted by Crippen LogP contribution is 2.41. The van der Waals surface area contributed by atoms with Gasteiger partial charge in [-0.05, 0) is 40.5 Å². The van der Waals surface area contributed by atoms with Crippen LogP contribution in [0.25, 0.3) is 0 Å². The second-order valence-electron chi connectivity index (χ2n) is 6.00. The lowest BCUT2D eigenvalue weighted by Crippen LogP contribution is -2.22. The molecule has 2 rings (SSSR count). The van der Waals surface area contributed by atoms with Gasteiger partial charge in [-0.1, -0.05) is 5.21 Å². The Hall–Kier alpha value is -1.43. The van der Waals surface area contributed by atoms with Crippen LogP contribution in [0, 0.1) is 0 Å². The van der Waals surface area contributed by atoms with Crippen LogP contribution in [0.5, 0.6) is 0 Å². The summed E-state index contributed by atoms with van der Waals surface area (Å²) in [5, 5.41) is 8.08. The minimum absolute atomic E-state index is 0.176. The lowest BCUT2D eigenvalue weighted by molar-refractivity contribution is -0.00833. The summed E-state index contributed by atoms with van der Waals surface area (Å²) in [4.78, 5) is 11.9. The van der Waals surface area contributed by atoms with Crippen molar-refractivity contribution < 1.29 is 14.3 Å². The molecule has 112 valence electrons. The van der Waals surface area contributed by atoms with Crippen molar-refractivity contribution in [1.29, 1.82) is 0 Å². The van der Waals surface area contributed by atoms with Gasteiger partial charge in [0.2, 0.25) is 0 Å². The quantitative estimate of drug-likeness (QED) is 0.747. The van der Waals surface area contributed by atoms with Crippen molar-refractivity contribution in [3.8, 4) is 0 Å². The van der Waals surface area contributed by atoms with E-state index >= 15 is 0 Å². The molecule has 1 fully saturated rings. The Kier molecular flexibility index (Phi) is 4.42. The molecule has 0 radical (unpaired) electrons. The van der Waals surface area contributed by atoms with Crippen LogP contribution in [-0.2, 0) is 16.0 Å². The fourth-order valence-electron chi connectivity index (χ4n) is 2.03. The summed E-state index contributed by atoms with van der Waals surface area (Å²) in [6.07, 6.45) is 2.17. The van der Waals surface area contributed by atoms with Crippen molar-refractivity contribution in [3.05, 3.63) is 11.4 Å². The van der Waals surface area contributed by atoms with Crippen LogP contribution < -0.4 is 0 Å². The number of carbonyl (C=O) groups excluding carboxylic acids is 1. The van der Waals surface area contributed by atoms with Crippen LogP contribution in [0.1, 0.15) is 62.6 Å². The standard InChI is InChI=1S/C14H23N3O3/c1-5-19-13(18)11-12(10-6-7-10)17(16-15-11)8-9-20-14(2,3)4/h10H,5-9H2,1-4H3. The normalized spacial score (nSPS) is 15.4. The highest BCUT2D eigenvalue weighted by molar-refractivity contribution is 5.88.